The zero-order valence-electron chi connectivity index (χ0n) is 29.8. The Morgan fingerprint density at radius 1 is 0.587 bits per heavy atom. The summed E-state index contributed by atoms with van der Waals surface area (Å²) in [5.74, 6) is 2.10. The predicted octanol–water partition coefficient (Wildman–Crippen LogP) is 8.35. The third-order valence-electron chi connectivity index (χ3n) is 11.8. The molecule has 260 valence electrons. The van der Waals surface area contributed by atoms with Crippen LogP contribution in [0.3, 0.4) is 0 Å². The minimum absolute atomic E-state index is 0.129. The van der Waals surface area contributed by atoms with E-state index in [-0.39, 0.29) is 6.10 Å². The number of fused-ring (bicyclic) bond motifs is 2. The summed E-state index contributed by atoms with van der Waals surface area (Å²) in [6.45, 7) is 14.5. The Labute approximate surface area is 284 Å². The average molecular weight is 705 g/mol. The van der Waals surface area contributed by atoms with Crippen molar-refractivity contribution in [2.24, 2.45) is 17.8 Å². The molecule has 5 aliphatic rings. The van der Waals surface area contributed by atoms with Crippen molar-refractivity contribution in [1.82, 2.24) is 0 Å². The van der Waals surface area contributed by atoms with Crippen molar-refractivity contribution in [3.8, 4) is 0 Å². The normalized spacial score (nSPS) is 34.3. The highest BCUT2D eigenvalue weighted by atomic mass is 28.5. The molecular weight excluding hydrogens is 641 g/mol. The number of hydrogen-bond donors (Lipinski definition) is 1. The monoisotopic (exact) mass is 704 g/mol. The second-order valence-electron chi connectivity index (χ2n) is 17.6. The van der Waals surface area contributed by atoms with Crippen molar-refractivity contribution in [1.29, 1.82) is 0 Å². The first-order valence-corrected chi connectivity index (χ1v) is 30.0. The van der Waals surface area contributed by atoms with Gasteiger partial charge in [-0.15, -0.1) is 0 Å². The van der Waals surface area contributed by atoms with E-state index in [1.54, 1.807) is 0 Å². The van der Waals surface area contributed by atoms with E-state index in [1.165, 1.54) is 57.8 Å². The summed E-state index contributed by atoms with van der Waals surface area (Å²) in [6.07, 6.45) is 17.4. The Morgan fingerprint density at radius 3 is 1.48 bits per heavy atom. The van der Waals surface area contributed by atoms with Crippen molar-refractivity contribution in [2.75, 3.05) is 0 Å². The fraction of sp³-hybridized carbons (Fsp3) is 0.833. The maximum Gasteiger partial charge on any atom is 0.505 e. The van der Waals surface area contributed by atoms with Crippen LogP contribution < -0.4 is 5.19 Å². The number of aliphatic hydroxyl groups excluding tert-OH is 1. The highest BCUT2D eigenvalue weighted by Crippen LogP contribution is 2.44. The van der Waals surface area contributed by atoms with E-state index in [0.29, 0.717) is 30.3 Å². The molecule has 0 amide bonds. The average Bonchev–Trinajstić information content (AvgIpc) is 3.93. The summed E-state index contributed by atoms with van der Waals surface area (Å²) in [5, 5.41) is 11.5. The smallest absolute Gasteiger partial charge is 0.413 e. The minimum Gasteiger partial charge on any atom is -0.413 e. The van der Waals surface area contributed by atoms with E-state index in [9.17, 15) is 5.11 Å². The molecule has 8 atom stereocenters. The molecule has 8 unspecified atom stereocenters. The molecule has 46 heavy (non-hydrogen) atoms. The van der Waals surface area contributed by atoms with Gasteiger partial charge in [0.1, 0.15) is 0 Å². The molecule has 6 nitrogen and oxygen atoms in total. The third kappa shape index (κ3) is 9.97. The second kappa shape index (κ2) is 14.6. The lowest BCUT2D eigenvalue weighted by atomic mass is 9.86. The van der Waals surface area contributed by atoms with Crippen LogP contribution >= 0.6 is 0 Å². The molecule has 0 spiro atoms. The van der Waals surface area contributed by atoms with Gasteiger partial charge in [0.05, 0.1) is 30.5 Å². The van der Waals surface area contributed by atoms with E-state index in [2.05, 4.69) is 69.6 Å². The molecule has 2 heterocycles. The zero-order chi connectivity index (χ0) is 32.6. The second-order valence-corrected chi connectivity index (χ2v) is 33.8. The Bertz CT molecular complexity index is 1050. The van der Waals surface area contributed by atoms with Crippen LogP contribution in [-0.2, 0) is 21.8 Å². The molecule has 1 aromatic rings. The molecule has 3 aliphatic carbocycles. The van der Waals surface area contributed by atoms with Crippen LogP contribution in [0.25, 0.3) is 0 Å². The molecule has 10 heteroatoms. The van der Waals surface area contributed by atoms with E-state index in [0.717, 1.165) is 60.8 Å². The van der Waals surface area contributed by atoms with Crippen molar-refractivity contribution >= 4 is 38.9 Å². The molecule has 6 rings (SSSR count). The maximum absolute atomic E-state index is 10.4. The van der Waals surface area contributed by atoms with Crippen LogP contribution in [0, 0.1) is 17.8 Å². The number of epoxide rings is 2. The maximum atomic E-state index is 10.4. The lowest BCUT2D eigenvalue weighted by Crippen LogP contribution is -2.68. The van der Waals surface area contributed by atoms with Crippen molar-refractivity contribution in [3.63, 3.8) is 0 Å². The Kier molecular flexibility index (Phi) is 11.3. The van der Waals surface area contributed by atoms with Crippen LogP contribution in [0.2, 0.25) is 57.4 Å². The van der Waals surface area contributed by atoms with Crippen LogP contribution in [0.4, 0.5) is 0 Å². The van der Waals surface area contributed by atoms with E-state index < -0.39 is 33.8 Å². The van der Waals surface area contributed by atoms with Gasteiger partial charge in [-0.1, -0.05) is 62.4 Å². The highest BCUT2D eigenvalue weighted by Gasteiger charge is 2.55. The number of benzene rings is 1. The van der Waals surface area contributed by atoms with Gasteiger partial charge in [0.2, 0.25) is 0 Å². The van der Waals surface area contributed by atoms with Gasteiger partial charge in [-0.2, -0.15) is 0 Å². The standard InChI is InChI=1S/C36H64O6Si4/c1-43(2,22-19-28-11-10-12-31(37)25-28)40-46(32-13-8-7-9-14-32,41-44(3,4)23-20-29-15-17-33-35(26-29)38-33)42-45(5,6)24-21-30-16-18-34-36(27-30)39-34/h7-9,13-14,28-31,33-37H,10-12,15-27H2,1-6H3. The Morgan fingerprint density at radius 2 is 1.04 bits per heavy atom. The molecule has 5 fully saturated rings. The first-order chi connectivity index (χ1) is 21.8. The Hall–Kier alpha value is -0.152. The van der Waals surface area contributed by atoms with Crippen LogP contribution in [0.15, 0.2) is 30.3 Å². The summed E-state index contributed by atoms with van der Waals surface area (Å²) in [4.78, 5) is 0. The molecule has 2 saturated heterocycles. The largest absolute Gasteiger partial charge is 0.505 e. The van der Waals surface area contributed by atoms with Gasteiger partial charge >= 0.3 is 8.80 Å². The van der Waals surface area contributed by atoms with Gasteiger partial charge < -0.3 is 26.9 Å². The van der Waals surface area contributed by atoms with E-state index in [1.807, 2.05) is 0 Å². The molecule has 1 N–H and O–H groups in total. The number of rotatable bonds is 16. The molecule has 3 saturated carbocycles. The first-order valence-electron chi connectivity index (χ1n) is 18.9. The van der Waals surface area contributed by atoms with Crippen molar-refractivity contribution < 1.29 is 26.9 Å². The SMILES string of the molecule is C[Si](C)(CCC1CCCC(O)C1)O[Si](O[Si](C)(C)CCC1CCC2OC2C1)(O[Si](C)(C)CCC1CCC2OC2C1)c1ccccc1. The lowest BCUT2D eigenvalue weighted by Gasteiger charge is -2.45. The fourth-order valence-corrected chi connectivity index (χ4v) is 25.7. The van der Waals surface area contributed by atoms with Crippen LogP contribution in [0.5, 0.6) is 0 Å². The molecule has 0 aromatic heterocycles. The topological polar surface area (TPSA) is 73.0 Å². The summed E-state index contributed by atoms with van der Waals surface area (Å²) in [5.41, 5.74) is 0. The number of hydrogen-bond acceptors (Lipinski definition) is 6. The zero-order valence-corrected chi connectivity index (χ0v) is 33.8. The number of aliphatic hydroxyl groups is 1. The van der Waals surface area contributed by atoms with Gasteiger partial charge in [-0.3, -0.25) is 0 Å². The summed E-state index contributed by atoms with van der Waals surface area (Å²) in [7, 11) is -9.82. The van der Waals surface area contributed by atoms with Gasteiger partial charge in [0, 0.05) is 5.19 Å². The minimum atomic E-state index is -3.28. The third-order valence-corrected chi connectivity index (χ3v) is 27.2. The number of ether oxygens (including phenoxy) is 2. The summed E-state index contributed by atoms with van der Waals surface area (Å²) < 4.78 is 34.7. The van der Waals surface area contributed by atoms with Gasteiger partial charge in [-0.05, 0) is 127 Å². The predicted molar refractivity (Wildman–Crippen MR) is 196 cm³/mol. The summed E-state index contributed by atoms with van der Waals surface area (Å²) >= 11 is 0. The van der Waals surface area contributed by atoms with Gasteiger partial charge in [0.15, 0.2) is 25.0 Å². The van der Waals surface area contributed by atoms with E-state index in [4.69, 9.17) is 21.8 Å². The molecule has 0 radical (unpaired) electrons. The highest BCUT2D eigenvalue weighted by molar-refractivity contribution is 6.96. The van der Waals surface area contributed by atoms with Crippen LogP contribution in [0.1, 0.15) is 83.5 Å². The molecule has 0 bridgehead atoms. The summed E-state index contributed by atoms with van der Waals surface area (Å²) in [6, 6.07) is 14.2. The van der Waals surface area contributed by atoms with Crippen LogP contribution in [-0.4, -0.2) is 69.4 Å². The Balaban J connectivity index is 1.21. The molecular formula is C36H64O6Si4. The molecule has 1 aromatic carbocycles. The van der Waals surface area contributed by atoms with Crippen molar-refractivity contribution in [3.05, 3.63) is 30.3 Å². The molecule has 2 aliphatic heterocycles. The van der Waals surface area contributed by atoms with Gasteiger partial charge in [-0.25, -0.2) is 0 Å². The van der Waals surface area contributed by atoms with E-state index >= 15 is 0 Å². The van der Waals surface area contributed by atoms with Gasteiger partial charge in [0.25, 0.3) is 0 Å². The van der Waals surface area contributed by atoms with Crippen molar-refractivity contribution in [2.45, 2.75) is 171 Å². The fourth-order valence-electron chi connectivity index (χ4n) is 8.80. The quantitative estimate of drug-likeness (QED) is 0.138. The first kappa shape index (κ1) is 35.7. The lowest BCUT2D eigenvalue weighted by molar-refractivity contribution is 0.0994.